The summed E-state index contributed by atoms with van der Waals surface area (Å²) in [5.41, 5.74) is 2.68. The zero-order chi connectivity index (χ0) is 16.7. The number of fused-ring (bicyclic) bond motifs is 1. The van der Waals surface area contributed by atoms with E-state index in [9.17, 15) is 9.90 Å². The van der Waals surface area contributed by atoms with E-state index in [1.54, 1.807) is 6.92 Å². The van der Waals surface area contributed by atoms with Crippen molar-refractivity contribution < 1.29 is 19.2 Å². The summed E-state index contributed by atoms with van der Waals surface area (Å²) < 4.78 is 10.5. The molecule has 1 amide bonds. The lowest BCUT2D eigenvalue weighted by atomic mass is 9.74. The number of carbonyl (C=O) groups excluding carboxylic acids is 1. The molecule has 1 atom stereocenters. The number of rotatable bonds is 4. The van der Waals surface area contributed by atoms with Crippen LogP contribution < -0.4 is 10.1 Å². The molecule has 1 aromatic carbocycles. The average Bonchev–Trinajstić information content (AvgIpc) is 3.17. The van der Waals surface area contributed by atoms with Crippen molar-refractivity contribution in [2.45, 2.75) is 38.3 Å². The Balaban J connectivity index is 1.60. The second-order valence-corrected chi connectivity index (χ2v) is 6.60. The Labute approximate surface area is 139 Å². The highest BCUT2D eigenvalue weighted by atomic mass is 16.5. The van der Waals surface area contributed by atoms with Crippen molar-refractivity contribution >= 4 is 5.91 Å². The van der Waals surface area contributed by atoms with Gasteiger partial charge < -0.3 is 19.7 Å². The smallest absolute Gasteiger partial charge is 0.257 e. The number of aliphatic hydroxyl groups excluding tert-OH is 1. The molecule has 0 radical (unpaired) electrons. The fourth-order valence-corrected chi connectivity index (χ4v) is 3.51. The largest absolute Gasteiger partial charge is 0.493 e. The van der Waals surface area contributed by atoms with Crippen molar-refractivity contribution in [2.75, 3.05) is 6.61 Å². The molecule has 0 bridgehead atoms. The van der Waals surface area contributed by atoms with E-state index in [0.29, 0.717) is 30.8 Å². The third kappa shape index (κ3) is 2.67. The highest BCUT2D eigenvalue weighted by Crippen LogP contribution is 2.40. The van der Waals surface area contributed by atoms with Crippen LogP contribution in [0.2, 0.25) is 0 Å². The Morgan fingerprint density at radius 3 is 2.96 bits per heavy atom. The highest BCUT2D eigenvalue weighted by Gasteiger charge is 2.36. The van der Waals surface area contributed by atoms with Crippen LogP contribution in [-0.4, -0.2) is 28.9 Å². The van der Waals surface area contributed by atoms with Gasteiger partial charge in [0.2, 0.25) is 0 Å². The van der Waals surface area contributed by atoms with Gasteiger partial charge in [0.05, 0.1) is 24.9 Å². The van der Waals surface area contributed by atoms with E-state index in [4.69, 9.17) is 9.26 Å². The molecule has 1 fully saturated rings. The lowest BCUT2D eigenvalue weighted by Crippen LogP contribution is -2.41. The molecule has 126 valence electrons. The van der Waals surface area contributed by atoms with Crippen LogP contribution in [0, 0.1) is 12.8 Å². The summed E-state index contributed by atoms with van der Waals surface area (Å²) in [4.78, 5) is 12.6. The van der Waals surface area contributed by atoms with Crippen molar-refractivity contribution in [3.8, 4) is 5.75 Å². The molecule has 24 heavy (non-hydrogen) atoms. The van der Waals surface area contributed by atoms with Crippen LogP contribution in [0.4, 0.5) is 0 Å². The molecule has 0 saturated heterocycles. The maximum Gasteiger partial charge on any atom is 0.257 e. The van der Waals surface area contributed by atoms with Gasteiger partial charge in [-0.05, 0) is 48.9 Å². The van der Waals surface area contributed by atoms with E-state index in [-0.39, 0.29) is 24.0 Å². The number of benzene rings is 1. The van der Waals surface area contributed by atoms with Crippen LogP contribution in [0.3, 0.4) is 0 Å². The summed E-state index contributed by atoms with van der Waals surface area (Å²) in [6, 6.07) is 5.94. The first kappa shape index (κ1) is 15.2. The molecule has 2 N–H and O–H groups in total. The van der Waals surface area contributed by atoms with Crippen molar-refractivity contribution in [1.29, 1.82) is 0 Å². The number of aromatic nitrogens is 1. The summed E-state index contributed by atoms with van der Waals surface area (Å²) in [6.45, 7) is 2.43. The molecule has 1 aliphatic heterocycles. The molecule has 2 aromatic rings. The molecular weight excluding hydrogens is 308 g/mol. The number of ether oxygens (including phenoxy) is 1. The van der Waals surface area contributed by atoms with Gasteiger partial charge in [-0.3, -0.25) is 4.79 Å². The number of hydrogen-bond acceptors (Lipinski definition) is 5. The number of aliphatic hydroxyl groups is 1. The fourth-order valence-electron chi connectivity index (χ4n) is 3.51. The Hall–Kier alpha value is -2.34. The topological polar surface area (TPSA) is 84.6 Å². The van der Waals surface area contributed by atoms with Gasteiger partial charge in [0.25, 0.3) is 5.91 Å². The Bertz CT molecular complexity index is 764. The summed E-state index contributed by atoms with van der Waals surface area (Å²) in [5, 5.41) is 16.4. The first-order valence-corrected chi connectivity index (χ1v) is 8.27. The lowest BCUT2D eigenvalue weighted by molar-refractivity contribution is 0.0235. The van der Waals surface area contributed by atoms with Gasteiger partial charge >= 0.3 is 0 Å². The number of carbonyl (C=O) groups is 1. The first-order chi connectivity index (χ1) is 11.6. The van der Waals surface area contributed by atoms with Crippen molar-refractivity contribution in [1.82, 2.24) is 10.5 Å². The Morgan fingerprint density at radius 2 is 2.25 bits per heavy atom. The third-order valence-electron chi connectivity index (χ3n) is 4.98. The molecule has 0 spiro atoms. The quantitative estimate of drug-likeness (QED) is 0.898. The van der Waals surface area contributed by atoms with Crippen LogP contribution in [-0.2, 0) is 6.42 Å². The number of hydrogen-bond donors (Lipinski definition) is 2. The number of amides is 1. The zero-order valence-corrected chi connectivity index (χ0v) is 13.5. The maximum absolute atomic E-state index is 12.6. The van der Waals surface area contributed by atoms with Gasteiger partial charge in [-0.25, -0.2) is 0 Å². The van der Waals surface area contributed by atoms with E-state index >= 15 is 0 Å². The normalized spacial score (nSPS) is 23.1. The monoisotopic (exact) mass is 328 g/mol. The molecule has 6 heteroatoms. The van der Waals surface area contributed by atoms with Gasteiger partial charge in [0.15, 0.2) is 0 Å². The van der Waals surface area contributed by atoms with Crippen LogP contribution in [0.15, 0.2) is 28.9 Å². The van der Waals surface area contributed by atoms with Gasteiger partial charge in [-0.1, -0.05) is 11.2 Å². The van der Waals surface area contributed by atoms with Crippen LogP contribution >= 0.6 is 0 Å². The minimum absolute atomic E-state index is 0.138. The Morgan fingerprint density at radius 1 is 1.42 bits per heavy atom. The van der Waals surface area contributed by atoms with Crippen molar-refractivity contribution in [2.24, 2.45) is 5.92 Å². The molecule has 0 unspecified atom stereocenters. The molecule has 4 rings (SSSR count). The second kappa shape index (κ2) is 5.94. The van der Waals surface area contributed by atoms with E-state index < -0.39 is 0 Å². The van der Waals surface area contributed by atoms with Gasteiger partial charge in [-0.2, -0.15) is 0 Å². The highest BCUT2D eigenvalue weighted by molar-refractivity contribution is 5.95. The lowest BCUT2D eigenvalue weighted by Gasteiger charge is -2.38. The minimum Gasteiger partial charge on any atom is -0.493 e. The summed E-state index contributed by atoms with van der Waals surface area (Å²) in [6.07, 6.45) is 3.45. The molecule has 1 saturated carbocycles. The fraction of sp³-hybridized carbons (Fsp3) is 0.444. The first-order valence-electron chi connectivity index (χ1n) is 8.27. The molecule has 1 aromatic heterocycles. The van der Waals surface area contributed by atoms with Gasteiger partial charge in [0, 0.05) is 6.42 Å². The predicted octanol–water partition coefficient (Wildman–Crippen LogP) is 2.16. The van der Waals surface area contributed by atoms with E-state index in [1.807, 2.05) is 12.1 Å². The van der Waals surface area contributed by atoms with E-state index in [1.165, 1.54) is 11.8 Å². The van der Waals surface area contributed by atoms with E-state index in [0.717, 1.165) is 17.7 Å². The summed E-state index contributed by atoms with van der Waals surface area (Å²) in [7, 11) is 0. The molecule has 2 aliphatic rings. The SMILES string of the molecule is Cc1oncc1C(=O)N[C@H](c1ccc2c(c1)CCO2)C1CC(O)C1. The standard InChI is InChI=1S/C18H20N2O4/c1-10-15(9-19-24-10)18(22)20-17(13-7-14(21)8-13)12-2-3-16-11(6-12)4-5-23-16/h2-3,6,9,13-14,17,21H,4-5,7-8H2,1H3,(H,20,22)/t13?,14?,17-/m1/s1. The summed E-state index contributed by atoms with van der Waals surface area (Å²) in [5.74, 6) is 1.45. The van der Waals surface area contributed by atoms with Gasteiger partial charge in [-0.15, -0.1) is 0 Å². The average molecular weight is 328 g/mol. The van der Waals surface area contributed by atoms with E-state index in [2.05, 4.69) is 16.5 Å². The Kier molecular flexibility index (Phi) is 3.76. The predicted molar refractivity (Wildman–Crippen MR) is 85.8 cm³/mol. The third-order valence-corrected chi connectivity index (χ3v) is 4.98. The van der Waals surface area contributed by atoms with Crippen LogP contribution in [0.25, 0.3) is 0 Å². The number of aryl methyl sites for hydroxylation is 1. The minimum atomic E-state index is -0.274. The van der Waals surface area contributed by atoms with Gasteiger partial charge in [0.1, 0.15) is 17.1 Å². The molecule has 2 heterocycles. The van der Waals surface area contributed by atoms with Crippen molar-refractivity contribution in [3.63, 3.8) is 0 Å². The second-order valence-electron chi connectivity index (χ2n) is 6.60. The van der Waals surface area contributed by atoms with Crippen LogP contribution in [0.1, 0.15) is 46.1 Å². The number of nitrogens with zero attached hydrogens (tertiary/aromatic N) is 1. The summed E-state index contributed by atoms with van der Waals surface area (Å²) >= 11 is 0. The molecule has 6 nitrogen and oxygen atoms in total. The number of nitrogens with one attached hydrogen (secondary N) is 1. The van der Waals surface area contributed by atoms with Crippen molar-refractivity contribution in [3.05, 3.63) is 46.8 Å². The molecular formula is C18H20N2O4. The molecule has 1 aliphatic carbocycles. The maximum atomic E-state index is 12.6. The zero-order valence-electron chi connectivity index (χ0n) is 13.5. The van der Waals surface area contributed by atoms with Crippen LogP contribution in [0.5, 0.6) is 5.75 Å².